The highest BCUT2D eigenvalue weighted by Crippen LogP contribution is 2.18. The fourth-order valence-corrected chi connectivity index (χ4v) is 2.30. The van der Waals surface area contributed by atoms with Crippen molar-refractivity contribution in [2.24, 2.45) is 0 Å². The molecule has 78 valence electrons. The molecule has 1 aromatic rings. The molecule has 1 heterocycles. The Hall–Kier alpha value is -0.520. The van der Waals surface area contributed by atoms with Crippen LogP contribution in [0, 0.1) is 0 Å². The molecule has 4 nitrogen and oxygen atoms in total. The number of nitrogens with one attached hydrogen (secondary N) is 1. The van der Waals surface area contributed by atoms with Gasteiger partial charge in [0.05, 0.1) is 11.8 Å². The van der Waals surface area contributed by atoms with Gasteiger partial charge in [0.25, 0.3) is 0 Å². The van der Waals surface area contributed by atoms with E-state index in [1.54, 1.807) is 0 Å². The predicted molar refractivity (Wildman–Crippen MR) is 55.0 cm³/mol. The van der Waals surface area contributed by atoms with Gasteiger partial charge in [-0.25, -0.2) is 0 Å². The van der Waals surface area contributed by atoms with E-state index in [1.807, 2.05) is 5.38 Å². The number of nitrogens with zero attached hydrogens (tertiary/aromatic N) is 2. The van der Waals surface area contributed by atoms with Crippen LogP contribution >= 0.6 is 11.5 Å². The molecule has 1 aliphatic rings. The van der Waals surface area contributed by atoms with E-state index in [-0.39, 0.29) is 12.1 Å². The monoisotopic (exact) mass is 213 g/mol. The first-order valence-corrected chi connectivity index (χ1v) is 5.87. The molecule has 1 saturated carbocycles. The quantitative estimate of drug-likeness (QED) is 0.784. The maximum Gasteiger partial charge on any atom is 0.0893 e. The van der Waals surface area contributed by atoms with E-state index in [9.17, 15) is 5.11 Å². The van der Waals surface area contributed by atoms with Crippen molar-refractivity contribution in [1.29, 1.82) is 0 Å². The number of hydrogen-bond acceptors (Lipinski definition) is 5. The maximum absolute atomic E-state index is 9.70. The summed E-state index contributed by atoms with van der Waals surface area (Å²) in [5, 5.41) is 18.9. The number of rotatable bonds is 3. The maximum atomic E-state index is 9.70. The second-order valence-electron chi connectivity index (χ2n) is 3.74. The third-order valence-corrected chi connectivity index (χ3v) is 3.23. The second kappa shape index (κ2) is 4.82. The van der Waals surface area contributed by atoms with Crippen molar-refractivity contribution < 1.29 is 5.11 Å². The van der Waals surface area contributed by atoms with E-state index >= 15 is 0 Å². The summed E-state index contributed by atoms with van der Waals surface area (Å²) in [6.07, 6.45) is 4.17. The van der Waals surface area contributed by atoms with Gasteiger partial charge in [-0.3, -0.25) is 0 Å². The minimum absolute atomic E-state index is 0.185. The summed E-state index contributed by atoms with van der Waals surface area (Å²) in [6, 6.07) is 0.241. The largest absolute Gasteiger partial charge is 0.392 e. The third-order valence-electron chi connectivity index (χ3n) is 2.68. The Morgan fingerprint density at radius 1 is 1.50 bits per heavy atom. The molecule has 0 radical (unpaired) electrons. The van der Waals surface area contributed by atoms with Crippen LogP contribution in [0.5, 0.6) is 0 Å². The standard InChI is InChI=1S/C9H15N3OS/c13-9-4-2-1-3-8(9)10-5-7-6-14-12-11-7/h6,8-10,13H,1-5H2/t8-,9+/m0/s1. The minimum Gasteiger partial charge on any atom is -0.392 e. The highest BCUT2D eigenvalue weighted by molar-refractivity contribution is 7.03. The normalized spacial score (nSPS) is 27.8. The molecule has 5 heteroatoms. The van der Waals surface area contributed by atoms with Gasteiger partial charge in [-0.1, -0.05) is 17.3 Å². The zero-order valence-electron chi connectivity index (χ0n) is 8.02. The summed E-state index contributed by atoms with van der Waals surface area (Å²) in [5.41, 5.74) is 0.966. The van der Waals surface area contributed by atoms with E-state index in [4.69, 9.17) is 0 Å². The van der Waals surface area contributed by atoms with E-state index in [0.717, 1.165) is 31.5 Å². The number of aliphatic hydroxyl groups is 1. The average molecular weight is 213 g/mol. The lowest BCUT2D eigenvalue weighted by Gasteiger charge is -2.28. The molecule has 0 amide bonds. The summed E-state index contributed by atoms with van der Waals surface area (Å²) in [7, 11) is 0. The smallest absolute Gasteiger partial charge is 0.0893 e. The zero-order chi connectivity index (χ0) is 9.80. The fourth-order valence-electron chi connectivity index (χ4n) is 1.85. The van der Waals surface area contributed by atoms with Crippen molar-refractivity contribution in [3.8, 4) is 0 Å². The molecule has 0 bridgehead atoms. The van der Waals surface area contributed by atoms with Gasteiger partial charge in [0.1, 0.15) is 0 Å². The van der Waals surface area contributed by atoms with Gasteiger partial charge in [0, 0.05) is 18.0 Å². The van der Waals surface area contributed by atoms with Crippen LogP contribution in [0.3, 0.4) is 0 Å². The van der Waals surface area contributed by atoms with E-state index < -0.39 is 0 Å². The highest BCUT2D eigenvalue weighted by atomic mass is 32.1. The van der Waals surface area contributed by atoms with E-state index in [1.165, 1.54) is 18.0 Å². The van der Waals surface area contributed by atoms with Crippen molar-refractivity contribution >= 4 is 11.5 Å². The minimum atomic E-state index is -0.185. The Kier molecular flexibility index (Phi) is 3.44. The van der Waals surface area contributed by atoms with Gasteiger partial charge in [0.2, 0.25) is 0 Å². The molecular weight excluding hydrogens is 198 g/mol. The lowest BCUT2D eigenvalue weighted by Crippen LogP contribution is -2.41. The van der Waals surface area contributed by atoms with Crippen LogP contribution in [-0.2, 0) is 6.54 Å². The molecule has 0 unspecified atom stereocenters. The summed E-state index contributed by atoms with van der Waals surface area (Å²) >= 11 is 1.36. The molecule has 2 rings (SSSR count). The Morgan fingerprint density at radius 2 is 2.36 bits per heavy atom. The summed E-state index contributed by atoms with van der Waals surface area (Å²) in [4.78, 5) is 0. The Labute approximate surface area is 87.5 Å². The van der Waals surface area contributed by atoms with Gasteiger partial charge < -0.3 is 10.4 Å². The third kappa shape index (κ3) is 2.50. The Bertz CT molecular complexity index is 265. The molecule has 0 aliphatic heterocycles. The molecule has 0 saturated heterocycles. The highest BCUT2D eigenvalue weighted by Gasteiger charge is 2.22. The Balaban J connectivity index is 1.79. The molecular formula is C9H15N3OS. The SMILES string of the molecule is O[C@@H]1CCCC[C@@H]1NCc1csnn1. The van der Waals surface area contributed by atoms with Gasteiger partial charge in [-0.2, -0.15) is 0 Å². The van der Waals surface area contributed by atoms with Crippen molar-refractivity contribution in [2.45, 2.75) is 44.4 Å². The lowest BCUT2D eigenvalue weighted by molar-refractivity contribution is 0.0901. The van der Waals surface area contributed by atoms with Gasteiger partial charge in [-0.15, -0.1) is 5.10 Å². The molecule has 1 aromatic heterocycles. The topological polar surface area (TPSA) is 58.0 Å². The zero-order valence-corrected chi connectivity index (χ0v) is 8.83. The van der Waals surface area contributed by atoms with Crippen LogP contribution in [-0.4, -0.2) is 26.8 Å². The number of hydrogen-bond donors (Lipinski definition) is 2. The summed E-state index contributed by atoms with van der Waals surface area (Å²) < 4.78 is 3.79. The van der Waals surface area contributed by atoms with Gasteiger partial charge >= 0.3 is 0 Å². The molecule has 2 N–H and O–H groups in total. The van der Waals surface area contributed by atoms with Crippen molar-refractivity contribution in [3.05, 3.63) is 11.1 Å². The molecule has 0 aromatic carbocycles. The molecule has 1 fully saturated rings. The van der Waals surface area contributed by atoms with Crippen molar-refractivity contribution in [2.75, 3.05) is 0 Å². The van der Waals surface area contributed by atoms with Crippen molar-refractivity contribution in [3.63, 3.8) is 0 Å². The first-order chi connectivity index (χ1) is 6.86. The molecule has 14 heavy (non-hydrogen) atoms. The van der Waals surface area contributed by atoms with Gasteiger partial charge in [-0.05, 0) is 24.4 Å². The fraction of sp³-hybridized carbons (Fsp3) is 0.778. The summed E-state index contributed by atoms with van der Waals surface area (Å²) in [6.45, 7) is 0.720. The predicted octanol–water partition coefficient (Wildman–Crippen LogP) is 0.931. The first kappa shape index (κ1) is 10.0. The number of aromatic nitrogens is 2. The molecule has 1 aliphatic carbocycles. The summed E-state index contributed by atoms with van der Waals surface area (Å²) in [5.74, 6) is 0. The first-order valence-electron chi connectivity index (χ1n) is 5.03. The van der Waals surface area contributed by atoms with Crippen molar-refractivity contribution in [1.82, 2.24) is 14.9 Å². The average Bonchev–Trinajstić information content (AvgIpc) is 2.69. The lowest BCUT2D eigenvalue weighted by atomic mass is 9.92. The second-order valence-corrected chi connectivity index (χ2v) is 4.35. The van der Waals surface area contributed by atoms with Gasteiger partial charge in [0.15, 0.2) is 0 Å². The van der Waals surface area contributed by atoms with Crippen LogP contribution in [0.1, 0.15) is 31.4 Å². The van der Waals surface area contributed by atoms with E-state index in [0.29, 0.717) is 0 Å². The molecule has 0 spiro atoms. The number of aliphatic hydroxyl groups excluding tert-OH is 1. The molecule has 2 atom stereocenters. The van der Waals surface area contributed by atoms with Crippen LogP contribution in [0.4, 0.5) is 0 Å². The van der Waals surface area contributed by atoms with Crippen LogP contribution in [0.15, 0.2) is 5.38 Å². The van der Waals surface area contributed by atoms with Crippen LogP contribution in [0.2, 0.25) is 0 Å². The van der Waals surface area contributed by atoms with Crippen LogP contribution in [0.25, 0.3) is 0 Å². The van der Waals surface area contributed by atoms with Crippen LogP contribution < -0.4 is 5.32 Å². The Morgan fingerprint density at radius 3 is 3.07 bits per heavy atom. The van der Waals surface area contributed by atoms with E-state index in [2.05, 4.69) is 14.9 Å².